The van der Waals surface area contributed by atoms with Crippen LogP contribution in [0.5, 0.6) is 0 Å². The molecule has 0 aliphatic heterocycles. The van der Waals surface area contributed by atoms with E-state index in [1.54, 1.807) is 12.4 Å². The van der Waals surface area contributed by atoms with Crippen LogP contribution in [0.4, 0.5) is 10.8 Å². The van der Waals surface area contributed by atoms with E-state index in [4.69, 9.17) is 5.73 Å². The van der Waals surface area contributed by atoms with Crippen LogP contribution in [0.1, 0.15) is 0 Å². The van der Waals surface area contributed by atoms with Gasteiger partial charge in [0, 0.05) is 31.0 Å². The van der Waals surface area contributed by atoms with E-state index in [1.807, 2.05) is 26.2 Å². The lowest BCUT2D eigenvalue weighted by Gasteiger charge is -2.11. The van der Waals surface area contributed by atoms with Gasteiger partial charge in [0.25, 0.3) is 0 Å². The van der Waals surface area contributed by atoms with Crippen molar-refractivity contribution in [1.29, 1.82) is 0 Å². The molecule has 2 heterocycles. The summed E-state index contributed by atoms with van der Waals surface area (Å²) in [4.78, 5) is 6.24. The van der Waals surface area contributed by atoms with E-state index in [0.717, 1.165) is 29.2 Å². The molecule has 0 aromatic carbocycles. The molecule has 18 heavy (non-hydrogen) atoms. The van der Waals surface area contributed by atoms with Gasteiger partial charge in [-0.1, -0.05) is 6.07 Å². The molecule has 0 unspecified atom stereocenters. The van der Waals surface area contributed by atoms with Crippen molar-refractivity contribution in [3.8, 4) is 11.1 Å². The van der Waals surface area contributed by atoms with E-state index in [2.05, 4.69) is 19.6 Å². The highest BCUT2D eigenvalue weighted by Gasteiger charge is 2.13. The van der Waals surface area contributed by atoms with E-state index >= 15 is 0 Å². The van der Waals surface area contributed by atoms with Crippen molar-refractivity contribution in [3.63, 3.8) is 0 Å². The Morgan fingerprint density at radius 3 is 2.94 bits per heavy atom. The predicted octanol–water partition coefficient (Wildman–Crippen LogP) is 1.76. The zero-order valence-electron chi connectivity index (χ0n) is 10.6. The van der Waals surface area contributed by atoms with E-state index < -0.39 is 0 Å². The molecular formula is C12H17N5S. The van der Waals surface area contributed by atoms with Gasteiger partial charge in [-0.2, -0.15) is 4.37 Å². The van der Waals surface area contributed by atoms with E-state index in [-0.39, 0.29) is 0 Å². The fourth-order valence-electron chi connectivity index (χ4n) is 1.61. The van der Waals surface area contributed by atoms with Crippen LogP contribution in [0.25, 0.3) is 11.1 Å². The molecule has 0 aliphatic rings. The lowest BCUT2D eigenvalue weighted by molar-refractivity contribution is 0.425. The normalized spacial score (nSPS) is 10.8. The summed E-state index contributed by atoms with van der Waals surface area (Å²) in [5.74, 6) is 0.556. The van der Waals surface area contributed by atoms with Crippen molar-refractivity contribution in [2.45, 2.75) is 0 Å². The van der Waals surface area contributed by atoms with Gasteiger partial charge in [0.15, 0.2) is 0 Å². The fraction of sp³-hybridized carbons (Fsp3) is 0.333. The summed E-state index contributed by atoms with van der Waals surface area (Å²) in [5.41, 5.74) is 7.87. The van der Waals surface area contributed by atoms with Crippen molar-refractivity contribution in [2.75, 3.05) is 38.2 Å². The quantitative estimate of drug-likeness (QED) is 0.860. The number of rotatable bonds is 5. The first-order valence-electron chi connectivity index (χ1n) is 5.72. The summed E-state index contributed by atoms with van der Waals surface area (Å²) in [6, 6.07) is 3.89. The number of pyridine rings is 1. The Bertz CT molecular complexity index is 494. The fourth-order valence-corrected chi connectivity index (χ4v) is 2.37. The van der Waals surface area contributed by atoms with Crippen molar-refractivity contribution in [2.24, 2.45) is 0 Å². The summed E-state index contributed by atoms with van der Waals surface area (Å²) >= 11 is 1.39. The van der Waals surface area contributed by atoms with Crippen LogP contribution in [0, 0.1) is 0 Å². The SMILES string of the molecule is CN(C)CCNc1snc(N)c1-c1cccnc1. The van der Waals surface area contributed by atoms with Crippen LogP contribution in [-0.4, -0.2) is 41.4 Å². The lowest BCUT2D eigenvalue weighted by Crippen LogP contribution is -2.20. The molecule has 2 rings (SSSR count). The van der Waals surface area contributed by atoms with Crippen LogP contribution >= 0.6 is 11.5 Å². The second-order valence-electron chi connectivity index (χ2n) is 4.24. The van der Waals surface area contributed by atoms with Gasteiger partial charge in [0.2, 0.25) is 0 Å². The largest absolute Gasteiger partial charge is 0.382 e. The second-order valence-corrected chi connectivity index (χ2v) is 5.02. The Kier molecular flexibility index (Phi) is 4.11. The standard InChI is InChI=1S/C12H17N5S/c1-17(2)7-6-15-12-10(11(13)16-18-12)9-4-3-5-14-8-9/h3-5,8,15H,6-7H2,1-2H3,(H2,13,16). The Morgan fingerprint density at radius 2 is 2.28 bits per heavy atom. The maximum Gasteiger partial charge on any atom is 0.147 e. The number of nitrogens with one attached hydrogen (secondary N) is 1. The molecular weight excluding hydrogens is 246 g/mol. The highest BCUT2D eigenvalue weighted by atomic mass is 32.1. The van der Waals surface area contributed by atoms with Crippen LogP contribution in [0.2, 0.25) is 0 Å². The first-order chi connectivity index (χ1) is 8.68. The molecule has 2 aromatic rings. The summed E-state index contributed by atoms with van der Waals surface area (Å²) in [7, 11) is 4.09. The number of likely N-dealkylation sites (N-methyl/N-ethyl adjacent to an activating group) is 1. The Balaban J connectivity index is 2.17. The van der Waals surface area contributed by atoms with Crippen molar-refractivity contribution >= 4 is 22.4 Å². The monoisotopic (exact) mass is 263 g/mol. The second kappa shape index (κ2) is 5.79. The number of nitrogen functional groups attached to an aromatic ring is 1. The van der Waals surface area contributed by atoms with Crippen LogP contribution in [-0.2, 0) is 0 Å². The van der Waals surface area contributed by atoms with E-state index in [0.29, 0.717) is 5.82 Å². The summed E-state index contributed by atoms with van der Waals surface area (Å²) in [6.07, 6.45) is 3.55. The molecule has 0 radical (unpaired) electrons. The van der Waals surface area contributed by atoms with Crippen molar-refractivity contribution < 1.29 is 0 Å². The first-order valence-corrected chi connectivity index (χ1v) is 6.50. The Hall–Kier alpha value is -1.66. The number of nitrogens with two attached hydrogens (primary N) is 1. The molecule has 0 bridgehead atoms. The number of hydrogen-bond donors (Lipinski definition) is 2. The van der Waals surface area contributed by atoms with Gasteiger partial charge in [0.05, 0.1) is 5.56 Å². The maximum absolute atomic E-state index is 5.93. The average molecular weight is 263 g/mol. The number of nitrogens with zero attached hydrogens (tertiary/aromatic N) is 3. The molecule has 5 nitrogen and oxygen atoms in total. The van der Waals surface area contributed by atoms with Crippen molar-refractivity contribution in [3.05, 3.63) is 24.5 Å². The molecule has 6 heteroatoms. The smallest absolute Gasteiger partial charge is 0.147 e. The predicted molar refractivity (Wildman–Crippen MR) is 76.8 cm³/mol. The highest BCUT2D eigenvalue weighted by Crippen LogP contribution is 2.35. The molecule has 0 saturated carbocycles. The average Bonchev–Trinajstić information content (AvgIpc) is 2.71. The Morgan fingerprint density at radius 1 is 1.44 bits per heavy atom. The van der Waals surface area contributed by atoms with Gasteiger partial charge in [0.1, 0.15) is 10.8 Å². The van der Waals surface area contributed by atoms with Crippen LogP contribution in [0.3, 0.4) is 0 Å². The molecule has 0 aliphatic carbocycles. The van der Waals surface area contributed by atoms with Crippen LogP contribution < -0.4 is 11.1 Å². The van der Waals surface area contributed by atoms with Gasteiger partial charge < -0.3 is 16.0 Å². The molecule has 0 saturated heterocycles. The third-order valence-corrected chi connectivity index (χ3v) is 3.33. The van der Waals surface area contributed by atoms with Gasteiger partial charge >= 0.3 is 0 Å². The Labute approximate surface area is 111 Å². The molecule has 96 valence electrons. The van der Waals surface area contributed by atoms with Crippen LogP contribution in [0.15, 0.2) is 24.5 Å². The molecule has 0 atom stereocenters. The topological polar surface area (TPSA) is 67.1 Å². The maximum atomic E-state index is 5.93. The third kappa shape index (κ3) is 2.96. The summed E-state index contributed by atoms with van der Waals surface area (Å²) < 4.78 is 4.21. The summed E-state index contributed by atoms with van der Waals surface area (Å²) in [5, 5.41) is 4.37. The minimum Gasteiger partial charge on any atom is -0.382 e. The molecule has 0 amide bonds. The molecule has 2 aromatic heterocycles. The van der Waals surface area contributed by atoms with E-state index in [1.165, 1.54) is 11.5 Å². The minimum absolute atomic E-state index is 0.556. The number of anilines is 2. The van der Waals surface area contributed by atoms with Gasteiger partial charge in [-0.25, -0.2) is 0 Å². The zero-order valence-corrected chi connectivity index (χ0v) is 11.4. The first kappa shape index (κ1) is 12.8. The number of hydrogen-bond acceptors (Lipinski definition) is 6. The lowest BCUT2D eigenvalue weighted by atomic mass is 10.1. The molecule has 0 spiro atoms. The van der Waals surface area contributed by atoms with Gasteiger partial charge in [-0.3, -0.25) is 4.98 Å². The van der Waals surface area contributed by atoms with Gasteiger partial charge in [-0.15, -0.1) is 0 Å². The van der Waals surface area contributed by atoms with E-state index in [9.17, 15) is 0 Å². The molecule has 0 fully saturated rings. The summed E-state index contributed by atoms with van der Waals surface area (Å²) in [6.45, 7) is 1.83. The highest BCUT2D eigenvalue weighted by molar-refractivity contribution is 7.11. The zero-order chi connectivity index (χ0) is 13.0. The third-order valence-electron chi connectivity index (χ3n) is 2.51. The van der Waals surface area contributed by atoms with Crippen molar-refractivity contribution in [1.82, 2.24) is 14.3 Å². The number of aromatic nitrogens is 2. The molecule has 3 N–H and O–H groups in total. The van der Waals surface area contributed by atoms with Gasteiger partial charge in [-0.05, 0) is 31.7 Å². The minimum atomic E-state index is 0.556.